The topological polar surface area (TPSA) is 32.3 Å². The van der Waals surface area contributed by atoms with Gasteiger partial charge in [0.25, 0.3) is 5.91 Å². The number of nitrogens with one attached hydrogen (secondary N) is 1. The fourth-order valence-corrected chi connectivity index (χ4v) is 2.00. The summed E-state index contributed by atoms with van der Waals surface area (Å²) in [5.74, 6) is -0.875. The Kier molecular flexibility index (Phi) is 6.29. The number of nitrogens with zero attached hydrogens (tertiary/aromatic N) is 1. The van der Waals surface area contributed by atoms with E-state index in [0.29, 0.717) is 11.0 Å². The molecule has 0 aliphatic carbocycles. The molecule has 1 N–H and O–H groups in total. The molecule has 3 nitrogen and oxygen atoms in total. The van der Waals surface area contributed by atoms with Crippen LogP contribution < -0.4 is 5.32 Å². The first-order valence-electron chi connectivity index (χ1n) is 6.04. The molecular formula is C13H18BrFN2O. The van der Waals surface area contributed by atoms with Crippen molar-refractivity contribution in [2.75, 3.05) is 26.2 Å². The molecule has 0 radical (unpaired) electrons. The number of amides is 1. The van der Waals surface area contributed by atoms with Crippen LogP contribution in [0.15, 0.2) is 22.7 Å². The van der Waals surface area contributed by atoms with Crippen molar-refractivity contribution in [2.45, 2.75) is 13.8 Å². The lowest BCUT2D eigenvalue weighted by Crippen LogP contribution is -2.35. The van der Waals surface area contributed by atoms with Crippen LogP contribution in [0.3, 0.4) is 0 Å². The third-order valence-corrected chi connectivity index (χ3v) is 3.27. The number of rotatable bonds is 6. The van der Waals surface area contributed by atoms with Gasteiger partial charge in [-0.3, -0.25) is 4.79 Å². The Morgan fingerprint density at radius 2 is 2.06 bits per heavy atom. The summed E-state index contributed by atoms with van der Waals surface area (Å²) in [6.45, 7) is 7.31. The van der Waals surface area contributed by atoms with E-state index in [-0.39, 0.29) is 11.5 Å². The van der Waals surface area contributed by atoms with E-state index in [4.69, 9.17) is 0 Å². The molecule has 100 valence electrons. The first-order valence-corrected chi connectivity index (χ1v) is 6.83. The number of halogens is 2. The summed E-state index contributed by atoms with van der Waals surface area (Å²) in [7, 11) is 0. The van der Waals surface area contributed by atoms with E-state index >= 15 is 0 Å². The summed E-state index contributed by atoms with van der Waals surface area (Å²) in [6.07, 6.45) is 0. The Morgan fingerprint density at radius 3 is 2.67 bits per heavy atom. The van der Waals surface area contributed by atoms with E-state index in [1.807, 2.05) is 0 Å². The van der Waals surface area contributed by atoms with Gasteiger partial charge in [0.05, 0.1) is 5.56 Å². The molecule has 0 saturated carbocycles. The van der Waals surface area contributed by atoms with Gasteiger partial charge in [-0.15, -0.1) is 0 Å². The van der Waals surface area contributed by atoms with Gasteiger partial charge in [0, 0.05) is 17.6 Å². The number of benzene rings is 1. The van der Waals surface area contributed by atoms with Crippen LogP contribution in [0.4, 0.5) is 4.39 Å². The number of likely N-dealkylation sites (N-methyl/N-ethyl adjacent to an activating group) is 1. The highest BCUT2D eigenvalue weighted by atomic mass is 79.9. The van der Waals surface area contributed by atoms with Crippen LogP contribution in [0.2, 0.25) is 0 Å². The maximum absolute atomic E-state index is 13.4. The van der Waals surface area contributed by atoms with Crippen LogP contribution in [0.1, 0.15) is 24.2 Å². The van der Waals surface area contributed by atoms with Gasteiger partial charge < -0.3 is 10.2 Å². The summed E-state index contributed by atoms with van der Waals surface area (Å²) in [5, 5.41) is 2.72. The fourth-order valence-electron chi connectivity index (χ4n) is 1.63. The van der Waals surface area contributed by atoms with Gasteiger partial charge in [0.2, 0.25) is 0 Å². The highest BCUT2D eigenvalue weighted by Crippen LogP contribution is 2.15. The van der Waals surface area contributed by atoms with Crippen LogP contribution in [0.5, 0.6) is 0 Å². The average Bonchev–Trinajstić information content (AvgIpc) is 2.37. The summed E-state index contributed by atoms with van der Waals surface area (Å²) < 4.78 is 14.1. The van der Waals surface area contributed by atoms with Crippen LogP contribution in [0.25, 0.3) is 0 Å². The molecule has 0 heterocycles. The molecule has 0 spiro atoms. The molecular weight excluding hydrogens is 299 g/mol. The molecule has 0 atom stereocenters. The smallest absolute Gasteiger partial charge is 0.254 e. The van der Waals surface area contributed by atoms with Gasteiger partial charge in [-0.25, -0.2) is 4.39 Å². The van der Waals surface area contributed by atoms with E-state index < -0.39 is 5.82 Å². The van der Waals surface area contributed by atoms with Crippen molar-refractivity contribution in [1.29, 1.82) is 0 Å². The van der Waals surface area contributed by atoms with E-state index in [1.54, 1.807) is 6.07 Å². The molecule has 0 saturated heterocycles. The van der Waals surface area contributed by atoms with Gasteiger partial charge in [-0.05, 0) is 31.3 Å². The second-order valence-electron chi connectivity index (χ2n) is 3.91. The van der Waals surface area contributed by atoms with E-state index in [2.05, 4.69) is 40.0 Å². The van der Waals surface area contributed by atoms with Crippen molar-refractivity contribution in [3.63, 3.8) is 0 Å². The van der Waals surface area contributed by atoms with Crippen molar-refractivity contribution in [1.82, 2.24) is 10.2 Å². The van der Waals surface area contributed by atoms with Gasteiger partial charge in [-0.2, -0.15) is 0 Å². The minimum Gasteiger partial charge on any atom is -0.351 e. The lowest BCUT2D eigenvalue weighted by Gasteiger charge is -2.18. The predicted octanol–water partition coefficient (Wildman–Crippen LogP) is 2.66. The van der Waals surface area contributed by atoms with E-state index in [1.165, 1.54) is 12.1 Å². The lowest BCUT2D eigenvalue weighted by atomic mass is 10.2. The summed E-state index contributed by atoms with van der Waals surface area (Å²) in [4.78, 5) is 14.0. The molecule has 1 aromatic rings. The van der Waals surface area contributed by atoms with E-state index in [0.717, 1.165) is 19.6 Å². The Labute approximate surface area is 115 Å². The highest BCUT2D eigenvalue weighted by Gasteiger charge is 2.11. The number of carbonyl (C=O) groups is 1. The fraction of sp³-hybridized carbons (Fsp3) is 0.462. The Morgan fingerprint density at radius 1 is 1.39 bits per heavy atom. The Bertz CT molecular complexity index is 408. The van der Waals surface area contributed by atoms with Gasteiger partial charge in [-0.1, -0.05) is 29.8 Å². The van der Waals surface area contributed by atoms with Crippen LogP contribution in [-0.2, 0) is 0 Å². The van der Waals surface area contributed by atoms with Crippen molar-refractivity contribution < 1.29 is 9.18 Å². The van der Waals surface area contributed by atoms with Gasteiger partial charge >= 0.3 is 0 Å². The standard InChI is InChI=1S/C13H18BrFN2O/c1-3-17(4-2)8-7-16-13(18)11-9-10(14)5-6-12(11)15/h5-6,9H,3-4,7-8H2,1-2H3,(H,16,18). The monoisotopic (exact) mass is 316 g/mol. The SMILES string of the molecule is CCN(CC)CCNC(=O)c1cc(Br)ccc1F. The third kappa shape index (κ3) is 4.38. The van der Waals surface area contributed by atoms with Crippen LogP contribution in [-0.4, -0.2) is 37.0 Å². The summed E-state index contributed by atoms with van der Waals surface area (Å²) in [6, 6.07) is 4.34. The van der Waals surface area contributed by atoms with Crippen molar-refractivity contribution in [3.05, 3.63) is 34.1 Å². The summed E-state index contributed by atoms with van der Waals surface area (Å²) >= 11 is 3.22. The Hall–Kier alpha value is -0.940. The second kappa shape index (κ2) is 7.48. The number of hydrogen-bond donors (Lipinski definition) is 1. The zero-order chi connectivity index (χ0) is 13.5. The molecule has 5 heteroatoms. The van der Waals surface area contributed by atoms with E-state index in [9.17, 15) is 9.18 Å². The third-order valence-electron chi connectivity index (χ3n) is 2.78. The molecule has 0 aliphatic rings. The number of hydrogen-bond acceptors (Lipinski definition) is 2. The maximum Gasteiger partial charge on any atom is 0.254 e. The van der Waals surface area contributed by atoms with Gasteiger partial charge in [0.1, 0.15) is 5.82 Å². The zero-order valence-corrected chi connectivity index (χ0v) is 12.3. The number of carbonyl (C=O) groups excluding carboxylic acids is 1. The molecule has 0 aliphatic heterocycles. The minimum atomic E-state index is -0.501. The van der Waals surface area contributed by atoms with Crippen LogP contribution >= 0.6 is 15.9 Å². The Balaban J connectivity index is 2.53. The first-order chi connectivity index (χ1) is 8.58. The molecule has 0 unspecified atom stereocenters. The molecule has 1 rings (SSSR count). The quantitative estimate of drug-likeness (QED) is 0.875. The average molecular weight is 317 g/mol. The summed E-state index contributed by atoms with van der Waals surface area (Å²) in [5.41, 5.74) is 0.0731. The largest absolute Gasteiger partial charge is 0.351 e. The first kappa shape index (κ1) is 15.1. The van der Waals surface area contributed by atoms with Crippen molar-refractivity contribution in [3.8, 4) is 0 Å². The van der Waals surface area contributed by atoms with Gasteiger partial charge in [0.15, 0.2) is 0 Å². The second-order valence-corrected chi connectivity index (χ2v) is 4.82. The molecule has 0 aromatic heterocycles. The molecule has 0 fully saturated rings. The van der Waals surface area contributed by atoms with Crippen molar-refractivity contribution in [2.24, 2.45) is 0 Å². The lowest BCUT2D eigenvalue weighted by molar-refractivity contribution is 0.0945. The van der Waals surface area contributed by atoms with Crippen molar-refractivity contribution >= 4 is 21.8 Å². The minimum absolute atomic E-state index is 0.0731. The molecule has 1 amide bonds. The zero-order valence-electron chi connectivity index (χ0n) is 10.7. The molecule has 0 bridgehead atoms. The highest BCUT2D eigenvalue weighted by molar-refractivity contribution is 9.10. The van der Waals surface area contributed by atoms with Crippen LogP contribution in [0, 0.1) is 5.82 Å². The molecule has 18 heavy (non-hydrogen) atoms. The normalized spacial score (nSPS) is 10.7. The predicted molar refractivity (Wildman–Crippen MR) is 74.2 cm³/mol. The molecule has 1 aromatic carbocycles. The maximum atomic E-state index is 13.4.